The number of nitro groups is 1. The van der Waals surface area contributed by atoms with E-state index in [0.29, 0.717) is 0 Å². The van der Waals surface area contributed by atoms with E-state index in [2.05, 4.69) is 9.97 Å². The van der Waals surface area contributed by atoms with Gasteiger partial charge in [0.15, 0.2) is 0 Å². The fraction of sp³-hybridized carbons (Fsp3) is 0.636. The van der Waals surface area contributed by atoms with E-state index < -0.39 is 4.92 Å². The number of halogens is 1. The van der Waals surface area contributed by atoms with Gasteiger partial charge in [0.2, 0.25) is 11.1 Å². The van der Waals surface area contributed by atoms with Crippen LogP contribution in [-0.4, -0.2) is 40.0 Å². The summed E-state index contributed by atoms with van der Waals surface area (Å²) in [6.07, 6.45) is 2.87. The zero-order valence-electron chi connectivity index (χ0n) is 11.4. The molecule has 0 spiro atoms. The van der Waals surface area contributed by atoms with Crippen molar-refractivity contribution in [3.05, 3.63) is 21.1 Å². The number of rotatable bonds is 6. The first-order valence-electron chi connectivity index (χ1n) is 5.82. The monoisotopic (exact) mass is 304 g/mol. The van der Waals surface area contributed by atoms with E-state index in [0.717, 1.165) is 12.2 Å². The lowest BCUT2D eigenvalue weighted by Crippen LogP contribution is -2.34. The molecule has 106 valence electrons. The second-order valence-electron chi connectivity index (χ2n) is 4.14. The maximum absolute atomic E-state index is 11.2. The third-order valence-corrected chi connectivity index (χ3v) is 3.79. The quantitative estimate of drug-likeness (QED) is 0.457. The van der Waals surface area contributed by atoms with Crippen molar-refractivity contribution in [2.75, 3.05) is 24.0 Å². The Morgan fingerprint density at radius 2 is 2.16 bits per heavy atom. The Balaban J connectivity index is 3.27. The van der Waals surface area contributed by atoms with Crippen molar-refractivity contribution in [1.29, 1.82) is 0 Å². The number of nitrogens with zero attached hydrogens (tertiary/aromatic N) is 4. The largest absolute Gasteiger partial charge is 0.350 e. The summed E-state index contributed by atoms with van der Waals surface area (Å²) in [5, 5.41) is 11.2. The van der Waals surface area contributed by atoms with E-state index in [1.807, 2.05) is 18.1 Å². The summed E-state index contributed by atoms with van der Waals surface area (Å²) in [7, 11) is 1.80. The Bertz CT molecular complexity index is 472. The molecule has 1 atom stereocenters. The summed E-state index contributed by atoms with van der Waals surface area (Å²) < 4.78 is 0. The maximum atomic E-state index is 11.2. The minimum atomic E-state index is -0.455. The van der Waals surface area contributed by atoms with Crippen molar-refractivity contribution in [3.63, 3.8) is 0 Å². The van der Waals surface area contributed by atoms with Crippen molar-refractivity contribution in [3.8, 4) is 0 Å². The highest BCUT2D eigenvalue weighted by atomic mass is 35.5. The topological polar surface area (TPSA) is 72.2 Å². The highest BCUT2D eigenvalue weighted by molar-refractivity contribution is 7.98. The molecule has 1 aromatic heterocycles. The second kappa shape index (κ2) is 6.91. The van der Waals surface area contributed by atoms with E-state index >= 15 is 0 Å². The van der Waals surface area contributed by atoms with Gasteiger partial charge in [-0.1, -0.05) is 6.92 Å². The van der Waals surface area contributed by atoms with Gasteiger partial charge in [-0.05, 0) is 31.2 Å². The molecule has 0 aliphatic rings. The van der Waals surface area contributed by atoms with Crippen molar-refractivity contribution >= 4 is 34.9 Å². The van der Waals surface area contributed by atoms with Gasteiger partial charge in [0.1, 0.15) is 5.69 Å². The molecule has 0 aliphatic carbocycles. The summed E-state index contributed by atoms with van der Waals surface area (Å²) in [4.78, 5) is 20.4. The van der Waals surface area contributed by atoms with Gasteiger partial charge in [-0.15, -0.1) is 0 Å². The van der Waals surface area contributed by atoms with Crippen LogP contribution < -0.4 is 4.90 Å². The van der Waals surface area contributed by atoms with Crippen molar-refractivity contribution < 1.29 is 4.92 Å². The molecule has 0 aliphatic heterocycles. The van der Waals surface area contributed by atoms with E-state index in [1.165, 1.54) is 0 Å². The molecule has 0 amide bonds. The molecule has 8 heteroatoms. The number of anilines is 1. The summed E-state index contributed by atoms with van der Waals surface area (Å²) in [5.41, 5.74) is 0.206. The van der Waals surface area contributed by atoms with Crippen LogP contribution in [0.15, 0.2) is 0 Å². The summed E-state index contributed by atoms with van der Waals surface area (Å²) in [6.45, 7) is 3.61. The van der Waals surface area contributed by atoms with Crippen LogP contribution in [0.3, 0.4) is 0 Å². The molecule has 1 heterocycles. The Morgan fingerprint density at radius 1 is 1.53 bits per heavy atom. The maximum Gasteiger partial charge on any atom is 0.332 e. The van der Waals surface area contributed by atoms with Crippen molar-refractivity contribution in [2.45, 2.75) is 26.3 Å². The van der Waals surface area contributed by atoms with Gasteiger partial charge in [-0.2, -0.15) is 16.7 Å². The van der Waals surface area contributed by atoms with Gasteiger partial charge in [-0.3, -0.25) is 10.1 Å². The third-order valence-electron chi connectivity index (χ3n) is 2.91. The molecule has 1 unspecified atom stereocenters. The Morgan fingerprint density at radius 3 is 2.63 bits per heavy atom. The first-order chi connectivity index (χ1) is 8.92. The van der Waals surface area contributed by atoms with Gasteiger partial charge in [0.05, 0.1) is 4.92 Å². The molecule has 0 N–H and O–H groups in total. The SMILES string of the molecule is CCC(CSC)N(C)c1nc(Cl)nc(C)c1[N+](=O)[O-]. The highest BCUT2D eigenvalue weighted by Gasteiger charge is 2.27. The van der Waals surface area contributed by atoms with Crippen LogP contribution in [0, 0.1) is 17.0 Å². The van der Waals surface area contributed by atoms with Crippen LogP contribution in [0.25, 0.3) is 0 Å². The van der Waals surface area contributed by atoms with E-state index in [-0.39, 0.29) is 28.5 Å². The Labute approximate surface area is 121 Å². The predicted molar refractivity (Wildman–Crippen MR) is 79.3 cm³/mol. The van der Waals surface area contributed by atoms with Crippen LogP contribution in [0.2, 0.25) is 5.28 Å². The minimum absolute atomic E-state index is 0.0314. The molecular formula is C11H17ClN4O2S. The molecule has 0 saturated carbocycles. The van der Waals surface area contributed by atoms with Crippen LogP contribution in [0.1, 0.15) is 19.0 Å². The number of thioether (sulfide) groups is 1. The number of hydrogen-bond donors (Lipinski definition) is 0. The van der Waals surface area contributed by atoms with Gasteiger partial charge in [0.25, 0.3) is 0 Å². The normalized spacial score (nSPS) is 12.3. The lowest BCUT2D eigenvalue weighted by Gasteiger charge is -2.27. The molecule has 1 aromatic rings. The van der Waals surface area contributed by atoms with Gasteiger partial charge >= 0.3 is 5.69 Å². The summed E-state index contributed by atoms with van der Waals surface area (Å²) in [5.74, 6) is 1.15. The molecule has 6 nitrogen and oxygen atoms in total. The first-order valence-corrected chi connectivity index (χ1v) is 7.59. The fourth-order valence-corrected chi connectivity index (χ4v) is 2.90. The zero-order valence-corrected chi connectivity index (χ0v) is 13.0. The fourth-order valence-electron chi connectivity index (χ4n) is 1.85. The number of aryl methyl sites for hydroxylation is 1. The molecule has 0 radical (unpaired) electrons. The molecule has 0 aromatic carbocycles. The third kappa shape index (κ3) is 3.70. The lowest BCUT2D eigenvalue weighted by molar-refractivity contribution is -0.385. The Hall–Kier alpha value is -1.08. The van der Waals surface area contributed by atoms with Crippen LogP contribution in [-0.2, 0) is 0 Å². The average Bonchev–Trinajstić information content (AvgIpc) is 2.33. The summed E-state index contributed by atoms with van der Waals surface area (Å²) >= 11 is 7.51. The molecule has 19 heavy (non-hydrogen) atoms. The van der Waals surface area contributed by atoms with Gasteiger partial charge in [-0.25, -0.2) is 4.98 Å². The van der Waals surface area contributed by atoms with E-state index in [9.17, 15) is 10.1 Å². The lowest BCUT2D eigenvalue weighted by atomic mass is 10.2. The molecule has 0 fully saturated rings. The molecule has 1 rings (SSSR count). The predicted octanol–water partition coefficient (Wildman–Crippen LogP) is 2.92. The van der Waals surface area contributed by atoms with Crippen molar-refractivity contribution in [1.82, 2.24) is 9.97 Å². The summed E-state index contributed by atoms with van der Waals surface area (Å²) in [6, 6.07) is 0.166. The zero-order chi connectivity index (χ0) is 14.6. The molecule has 0 bridgehead atoms. The van der Waals surface area contributed by atoms with Gasteiger partial charge < -0.3 is 4.90 Å². The number of hydrogen-bond acceptors (Lipinski definition) is 6. The van der Waals surface area contributed by atoms with Gasteiger partial charge in [0, 0.05) is 18.8 Å². The highest BCUT2D eigenvalue weighted by Crippen LogP contribution is 2.31. The first kappa shape index (κ1) is 16.0. The van der Waals surface area contributed by atoms with Crippen LogP contribution >= 0.6 is 23.4 Å². The standard InChI is InChI=1S/C11H17ClN4O2S/c1-5-8(6-19-4)15(3)10-9(16(17)18)7(2)13-11(12)14-10/h8H,5-6H2,1-4H3. The van der Waals surface area contributed by atoms with Crippen molar-refractivity contribution in [2.24, 2.45) is 0 Å². The molecule has 0 saturated heterocycles. The van der Waals surface area contributed by atoms with Crippen LogP contribution in [0.4, 0.5) is 11.5 Å². The Kier molecular flexibility index (Phi) is 5.81. The molecular weight excluding hydrogens is 288 g/mol. The van der Waals surface area contributed by atoms with E-state index in [1.54, 1.807) is 25.7 Å². The minimum Gasteiger partial charge on any atom is -0.350 e. The number of aromatic nitrogens is 2. The average molecular weight is 305 g/mol. The second-order valence-corrected chi connectivity index (χ2v) is 5.38. The smallest absolute Gasteiger partial charge is 0.332 e. The van der Waals surface area contributed by atoms with Crippen LogP contribution in [0.5, 0.6) is 0 Å². The van der Waals surface area contributed by atoms with E-state index in [4.69, 9.17) is 11.6 Å².